The minimum atomic E-state index is -0.618. The van der Waals surface area contributed by atoms with E-state index in [9.17, 15) is 14.9 Å². The van der Waals surface area contributed by atoms with E-state index in [0.29, 0.717) is 11.6 Å². The molecule has 0 amide bonds. The van der Waals surface area contributed by atoms with E-state index in [1.165, 1.54) is 18.7 Å². The Morgan fingerprint density at radius 2 is 1.88 bits per heavy atom. The van der Waals surface area contributed by atoms with Gasteiger partial charge in [0.2, 0.25) is 0 Å². The zero-order valence-corrected chi connectivity index (χ0v) is 15.3. The van der Waals surface area contributed by atoms with Crippen LogP contribution in [-0.4, -0.2) is 34.7 Å². The average Bonchev–Trinajstić information content (AvgIpc) is 2.58. The Kier molecular flexibility index (Phi) is 5.67. The summed E-state index contributed by atoms with van der Waals surface area (Å²) in [5.74, 6) is 0.203. The molecule has 132 valence electrons. The van der Waals surface area contributed by atoms with Crippen LogP contribution in [0.1, 0.15) is 17.2 Å². The molecule has 0 bridgehead atoms. The molecule has 2 aromatic rings. The van der Waals surface area contributed by atoms with Gasteiger partial charge in [0, 0.05) is 25.7 Å². The van der Waals surface area contributed by atoms with Crippen LogP contribution in [0, 0.1) is 11.3 Å². The first-order valence-corrected chi connectivity index (χ1v) is 8.02. The molecule has 0 aliphatic heterocycles. The van der Waals surface area contributed by atoms with Crippen LogP contribution in [0.4, 0.5) is 5.82 Å². The van der Waals surface area contributed by atoms with Crippen molar-refractivity contribution >= 4 is 17.4 Å². The third kappa shape index (κ3) is 3.60. The summed E-state index contributed by atoms with van der Waals surface area (Å²) in [5.41, 5.74) is -0.298. The van der Waals surface area contributed by atoms with Crippen molar-refractivity contribution in [2.45, 2.75) is 6.04 Å². The van der Waals surface area contributed by atoms with E-state index in [2.05, 4.69) is 5.32 Å². The zero-order chi connectivity index (χ0) is 18.7. The molecule has 0 saturated heterocycles. The first-order valence-electron chi connectivity index (χ1n) is 7.64. The molecular formula is C17H20ClN5O2. The van der Waals surface area contributed by atoms with Crippen LogP contribution < -0.4 is 16.6 Å². The molecule has 0 aliphatic carbocycles. The molecule has 2 rings (SSSR count). The van der Waals surface area contributed by atoms with Crippen molar-refractivity contribution in [3.05, 3.63) is 61.3 Å². The molecule has 1 aromatic carbocycles. The second kappa shape index (κ2) is 7.55. The van der Waals surface area contributed by atoms with Gasteiger partial charge in [0.15, 0.2) is 5.56 Å². The largest absolute Gasteiger partial charge is 0.368 e. The van der Waals surface area contributed by atoms with E-state index in [-0.39, 0.29) is 17.4 Å². The molecule has 7 nitrogen and oxygen atoms in total. The number of rotatable bonds is 5. The molecule has 0 unspecified atom stereocenters. The van der Waals surface area contributed by atoms with Crippen molar-refractivity contribution < 1.29 is 0 Å². The van der Waals surface area contributed by atoms with Gasteiger partial charge in [-0.25, -0.2) is 4.79 Å². The summed E-state index contributed by atoms with van der Waals surface area (Å²) in [4.78, 5) is 26.2. The second-order valence-electron chi connectivity index (χ2n) is 5.92. The number of hydrogen-bond donors (Lipinski definition) is 1. The van der Waals surface area contributed by atoms with Crippen LogP contribution in [0.5, 0.6) is 0 Å². The molecule has 0 fully saturated rings. The quantitative estimate of drug-likeness (QED) is 0.868. The highest BCUT2D eigenvalue weighted by molar-refractivity contribution is 6.31. The van der Waals surface area contributed by atoms with Gasteiger partial charge >= 0.3 is 5.69 Å². The first-order chi connectivity index (χ1) is 11.8. The summed E-state index contributed by atoms with van der Waals surface area (Å²) >= 11 is 6.29. The number of anilines is 1. The molecule has 8 heteroatoms. The van der Waals surface area contributed by atoms with Gasteiger partial charge in [-0.15, -0.1) is 0 Å². The van der Waals surface area contributed by atoms with Gasteiger partial charge in [0.1, 0.15) is 11.9 Å². The van der Waals surface area contributed by atoms with E-state index < -0.39 is 11.2 Å². The van der Waals surface area contributed by atoms with Crippen molar-refractivity contribution in [2.24, 2.45) is 14.1 Å². The maximum atomic E-state index is 12.2. The number of nitriles is 1. The number of hydrogen-bond acceptors (Lipinski definition) is 5. The van der Waals surface area contributed by atoms with Crippen molar-refractivity contribution in [1.29, 1.82) is 5.26 Å². The highest BCUT2D eigenvalue weighted by atomic mass is 35.5. The fraction of sp³-hybridized carbons (Fsp3) is 0.353. The van der Waals surface area contributed by atoms with Crippen molar-refractivity contribution in [1.82, 2.24) is 14.0 Å². The van der Waals surface area contributed by atoms with Gasteiger partial charge in [-0.3, -0.25) is 13.9 Å². The first kappa shape index (κ1) is 18.8. The maximum absolute atomic E-state index is 12.2. The molecule has 1 atom stereocenters. The normalized spacial score (nSPS) is 12.0. The Hall–Kier alpha value is -2.56. The Bertz CT molecular complexity index is 940. The number of nitrogens with zero attached hydrogens (tertiary/aromatic N) is 4. The van der Waals surface area contributed by atoms with Crippen LogP contribution >= 0.6 is 11.6 Å². The van der Waals surface area contributed by atoms with Crippen LogP contribution in [0.3, 0.4) is 0 Å². The molecular weight excluding hydrogens is 342 g/mol. The third-order valence-corrected chi connectivity index (χ3v) is 4.47. The molecule has 1 heterocycles. The highest BCUT2D eigenvalue weighted by Crippen LogP contribution is 2.26. The number of halogens is 1. The smallest absolute Gasteiger partial charge is 0.332 e. The zero-order valence-electron chi connectivity index (χ0n) is 14.6. The van der Waals surface area contributed by atoms with E-state index >= 15 is 0 Å². The fourth-order valence-corrected chi connectivity index (χ4v) is 2.92. The minimum absolute atomic E-state index is 0.0961. The van der Waals surface area contributed by atoms with Crippen molar-refractivity contribution in [3.8, 4) is 6.07 Å². The van der Waals surface area contributed by atoms with E-state index in [4.69, 9.17) is 11.6 Å². The molecule has 0 saturated carbocycles. The van der Waals surface area contributed by atoms with E-state index in [1.54, 1.807) is 0 Å². The monoisotopic (exact) mass is 361 g/mol. The summed E-state index contributed by atoms with van der Waals surface area (Å²) < 4.78 is 2.18. The molecule has 25 heavy (non-hydrogen) atoms. The number of likely N-dealkylation sites (N-methyl/N-ethyl adjacent to an activating group) is 1. The Morgan fingerprint density at radius 3 is 2.44 bits per heavy atom. The van der Waals surface area contributed by atoms with Gasteiger partial charge in [-0.1, -0.05) is 29.8 Å². The fourth-order valence-electron chi connectivity index (χ4n) is 2.66. The number of nitrogens with one attached hydrogen (secondary N) is 1. The van der Waals surface area contributed by atoms with Gasteiger partial charge < -0.3 is 10.2 Å². The van der Waals surface area contributed by atoms with E-state index in [0.717, 1.165) is 10.1 Å². The lowest BCUT2D eigenvalue weighted by Gasteiger charge is -2.27. The SMILES string of the molecule is CN(C)[C@H](CNc1c(C#N)c(=O)n(C)c(=O)n1C)c1ccccc1Cl. The van der Waals surface area contributed by atoms with Gasteiger partial charge in [0.05, 0.1) is 6.04 Å². The lowest BCUT2D eigenvalue weighted by atomic mass is 10.1. The highest BCUT2D eigenvalue weighted by Gasteiger charge is 2.20. The molecule has 1 N–H and O–H groups in total. The number of aromatic nitrogens is 2. The summed E-state index contributed by atoms with van der Waals surface area (Å²) in [6.07, 6.45) is 0. The summed E-state index contributed by atoms with van der Waals surface area (Å²) in [6, 6.07) is 9.24. The van der Waals surface area contributed by atoms with Crippen LogP contribution in [-0.2, 0) is 14.1 Å². The Balaban J connectivity index is 2.44. The third-order valence-electron chi connectivity index (χ3n) is 4.13. The standard InChI is InChI=1S/C17H20ClN5O2/c1-21(2)14(11-7-5-6-8-13(11)18)10-20-15-12(9-19)16(24)23(4)17(25)22(15)3/h5-8,14,20H,10H2,1-4H3/t14-/m1/s1. The predicted molar refractivity (Wildman–Crippen MR) is 98.0 cm³/mol. The van der Waals surface area contributed by atoms with Gasteiger partial charge in [-0.2, -0.15) is 5.26 Å². The van der Waals surface area contributed by atoms with Gasteiger partial charge in [-0.05, 0) is 25.7 Å². The molecule has 0 spiro atoms. The summed E-state index contributed by atoms with van der Waals surface area (Å²) in [7, 11) is 6.68. The Labute approximate surface area is 150 Å². The lowest BCUT2D eigenvalue weighted by molar-refractivity contribution is 0.311. The van der Waals surface area contributed by atoms with Crippen LogP contribution in [0.25, 0.3) is 0 Å². The van der Waals surface area contributed by atoms with Crippen LogP contribution in [0.2, 0.25) is 5.02 Å². The van der Waals surface area contributed by atoms with Gasteiger partial charge in [0.25, 0.3) is 5.56 Å². The molecule has 0 aliphatic rings. The van der Waals surface area contributed by atoms with Crippen LogP contribution in [0.15, 0.2) is 33.9 Å². The number of benzene rings is 1. The average molecular weight is 362 g/mol. The second-order valence-corrected chi connectivity index (χ2v) is 6.33. The minimum Gasteiger partial charge on any atom is -0.368 e. The van der Waals surface area contributed by atoms with E-state index in [1.807, 2.05) is 49.3 Å². The van der Waals surface area contributed by atoms with Crippen molar-refractivity contribution in [3.63, 3.8) is 0 Å². The lowest BCUT2D eigenvalue weighted by Crippen LogP contribution is -2.40. The summed E-state index contributed by atoms with van der Waals surface area (Å²) in [5, 5.41) is 13.0. The molecule has 1 aromatic heterocycles. The Morgan fingerprint density at radius 1 is 1.24 bits per heavy atom. The maximum Gasteiger partial charge on any atom is 0.332 e. The topological polar surface area (TPSA) is 83.1 Å². The van der Waals surface area contributed by atoms with Crippen molar-refractivity contribution in [2.75, 3.05) is 26.0 Å². The molecule has 0 radical (unpaired) electrons. The summed E-state index contributed by atoms with van der Waals surface area (Å²) in [6.45, 7) is 0.367. The predicted octanol–water partition coefficient (Wildman–Crippen LogP) is 1.32.